The molecule has 2 aliphatic rings. The third-order valence-electron chi connectivity index (χ3n) is 6.91. The predicted octanol–water partition coefficient (Wildman–Crippen LogP) is 4.57. The van der Waals surface area contributed by atoms with Crippen LogP contribution < -0.4 is 5.56 Å². The first-order chi connectivity index (χ1) is 15.7. The van der Waals surface area contributed by atoms with Crippen LogP contribution in [0.4, 0.5) is 0 Å². The molecule has 2 bridgehead atoms. The van der Waals surface area contributed by atoms with E-state index in [-0.39, 0.29) is 36.1 Å². The zero-order chi connectivity index (χ0) is 23.3. The molecule has 7 heteroatoms. The lowest BCUT2D eigenvalue weighted by Gasteiger charge is -2.43. The Morgan fingerprint density at radius 2 is 1.88 bits per heavy atom. The van der Waals surface area contributed by atoms with E-state index in [2.05, 4.69) is 24.3 Å². The largest absolute Gasteiger partial charge is 0.481 e. The molecule has 1 fully saturated rings. The van der Waals surface area contributed by atoms with Gasteiger partial charge in [0.2, 0.25) is 5.91 Å². The number of pyridine rings is 1. The second kappa shape index (κ2) is 8.13. The van der Waals surface area contributed by atoms with Crippen LogP contribution in [0.25, 0.3) is 20.5 Å². The Morgan fingerprint density at radius 3 is 2.64 bits per heavy atom. The summed E-state index contributed by atoms with van der Waals surface area (Å²) in [5.74, 6) is -0.508. The van der Waals surface area contributed by atoms with Crippen LogP contribution in [0.1, 0.15) is 44.7 Å². The van der Waals surface area contributed by atoms with Crippen LogP contribution in [0.3, 0.4) is 0 Å². The highest BCUT2D eigenvalue weighted by atomic mass is 32.1. The number of hydrogen-bond donors (Lipinski definition) is 1. The van der Waals surface area contributed by atoms with Crippen LogP contribution in [0.15, 0.2) is 47.3 Å². The first-order valence-electron chi connectivity index (χ1n) is 11.4. The van der Waals surface area contributed by atoms with Gasteiger partial charge in [-0.3, -0.25) is 14.4 Å². The summed E-state index contributed by atoms with van der Waals surface area (Å²) in [5, 5.41) is 10.3. The second-order valence-electron chi connectivity index (χ2n) is 10.2. The molecule has 0 aliphatic carbocycles. The topological polar surface area (TPSA) is 79.6 Å². The number of hydrogen-bond acceptors (Lipinski definition) is 4. The van der Waals surface area contributed by atoms with Gasteiger partial charge in [-0.15, -0.1) is 11.3 Å². The zero-order valence-corrected chi connectivity index (χ0v) is 19.7. The summed E-state index contributed by atoms with van der Waals surface area (Å²) >= 11 is 1.64. The molecule has 0 saturated carbocycles. The molecule has 33 heavy (non-hydrogen) atoms. The van der Waals surface area contributed by atoms with Gasteiger partial charge >= 0.3 is 5.97 Å². The summed E-state index contributed by atoms with van der Waals surface area (Å²) in [5.41, 5.74) is 1.21. The maximum absolute atomic E-state index is 13.5. The van der Waals surface area contributed by atoms with E-state index in [1.54, 1.807) is 11.3 Å². The summed E-state index contributed by atoms with van der Waals surface area (Å²) < 4.78 is 3.10. The number of rotatable bonds is 5. The lowest BCUT2D eigenvalue weighted by atomic mass is 9.81. The number of aliphatic carboxylic acids is 1. The SMILES string of the molecule is CC(C)(CC(=O)O)CC(=O)N1CC2CC(C1)c1ccc(-c3cc4ccccc4s3)c(=O)n1C2. The molecule has 5 rings (SSSR count). The molecule has 2 aromatic heterocycles. The fourth-order valence-electron chi connectivity index (χ4n) is 5.44. The third kappa shape index (κ3) is 4.22. The minimum Gasteiger partial charge on any atom is -0.481 e. The summed E-state index contributed by atoms with van der Waals surface area (Å²) in [6, 6.07) is 14.3. The van der Waals surface area contributed by atoms with E-state index in [4.69, 9.17) is 5.11 Å². The van der Waals surface area contributed by atoms with E-state index in [1.807, 2.05) is 41.5 Å². The Labute approximate surface area is 196 Å². The summed E-state index contributed by atoms with van der Waals surface area (Å²) in [7, 11) is 0. The molecule has 1 saturated heterocycles. The molecule has 2 atom stereocenters. The Balaban J connectivity index is 1.40. The number of carboxylic acids is 1. The van der Waals surface area contributed by atoms with E-state index in [1.165, 1.54) is 4.70 Å². The summed E-state index contributed by atoms with van der Waals surface area (Å²) in [6.07, 6.45) is 1.17. The molecular formula is C26H28N2O4S. The standard InChI is InChI=1S/C26H28N2O4S/c1-26(2,12-24(30)31)11-23(29)27-13-16-9-18(15-27)20-8-7-19(25(32)28(20)14-16)22-10-17-5-3-4-6-21(17)33-22/h3-8,10,16,18H,9,11-15H2,1-2H3,(H,30,31). The Morgan fingerprint density at radius 1 is 1.09 bits per heavy atom. The number of carbonyl (C=O) groups is 2. The van der Waals surface area contributed by atoms with Crippen molar-refractivity contribution >= 4 is 33.3 Å². The minimum atomic E-state index is -0.883. The molecule has 2 aliphatic heterocycles. The molecule has 0 radical (unpaired) electrons. The Kier molecular flexibility index (Phi) is 5.40. The van der Waals surface area contributed by atoms with Gasteiger partial charge in [-0.25, -0.2) is 0 Å². The van der Waals surface area contributed by atoms with E-state index >= 15 is 0 Å². The van der Waals surface area contributed by atoms with Gasteiger partial charge < -0.3 is 14.6 Å². The number of piperidine rings is 1. The number of aromatic nitrogens is 1. The summed E-state index contributed by atoms with van der Waals surface area (Å²) in [6.45, 7) is 5.48. The smallest absolute Gasteiger partial charge is 0.303 e. The van der Waals surface area contributed by atoms with E-state index in [9.17, 15) is 14.4 Å². The minimum absolute atomic E-state index is 0.00800. The van der Waals surface area contributed by atoms with Crippen molar-refractivity contribution in [3.05, 3.63) is 58.5 Å². The molecule has 3 aromatic rings. The van der Waals surface area contributed by atoms with Crippen LogP contribution >= 0.6 is 11.3 Å². The van der Waals surface area contributed by atoms with Crippen molar-refractivity contribution in [2.75, 3.05) is 13.1 Å². The average molecular weight is 465 g/mol. The van der Waals surface area contributed by atoms with Crippen molar-refractivity contribution in [1.82, 2.24) is 9.47 Å². The molecule has 6 nitrogen and oxygen atoms in total. The normalized spacial score (nSPS) is 20.0. The lowest BCUT2D eigenvalue weighted by Crippen LogP contribution is -2.50. The van der Waals surface area contributed by atoms with Crippen LogP contribution in [-0.2, 0) is 16.1 Å². The van der Waals surface area contributed by atoms with Gasteiger partial charge in [-0.2, -0.15) is 0 Å². The highest BCUT2D eigenvalue weighted by Crippen LogP contribution is 2.38. The molecule has 172 valence electrons. The first-order valence-corrected chi connectivity index (χ1v) is 12.2. The predicted molar refractivity (Wildman–Crippen MR) is 130 cm³/mol. The molecule has 1 N–H and O–H groups in total. The van der Waals surface area contributed by atoms with Crippen LogP contribution in [-0.4, -0.2) is 39.5 Å². The van der Waals surface area contributed by atoms with Crippen molar-refractivity contribution < 1.29 is 14.7 Å². The number of amides is 1. The molecule has 1 amide bonds. The van der Waals surface area contributed by atoms with Gasteiger partial charge in [-0.1, -0.05) is 32.0 Å². The van der Waals surface area contributed by atoms with E-state index in [0.717, 1.165) is 27.9 Å². The van der Waals surface area contributed by atoms with Crippen LogP contribution in [0.2, 0.25) is 0 Å². The number of carbonyl (C=O) groups excluding carboxylic acids is 1. The van der Waals surface area contributed by atoms with Gasteiger partial charge in [-0.05, 0) is 47.4 Å². The van der Waals surface area contributed by atoms with Gasteiger partial charge in [0.15, 0.2) is 0 Å². The Bertz CT molecular complexity index is 1270. The third-order valence-corrected chi connectivity index (χ3v) is 8.06. The van der Waals surface area contributed by atoms with Gasteiger partial charge in [0.25, 0.3) is 5.56 Å². The van der Waals surface area contributed by atoms with Crippen molar-refractivity contribution in [3.63, 3.8) is 0 Å². The zero-order valence-electron chi connectivity index (χ0n) is 18.9. The van der Waals surface area contributed by atoms with Crippen molar-refractivity contribution in [3.8, 4) is 10.4 Å². The number of benzene rings is 1. The maximum Gasteiger partial charge on any atom is 0.303 e. The Hall–Kier alpha value is -2.93. The number of nitrogens with zero attached hydrogens (tertiary/aromatic N) is 2. The van der Waals surface area contributed by atoms with Gasteiger partial charge in [0.1, 0.15) is 0 Å². The number of fused-ring (bicyclic) bond motifs is 5. The van der Waals surface area contributed by atoms with Crippen molar-refractivity contribution in [2.45, 2.75) is 45.6 Å². The maximum atomic E-state index is 13.5. The van der Waals surface area contributed by atoms with Crippen LogP contribution in [0.5, 0.6) is 0 Å². The van der Waals surface area contributed by atoms with Gasteiger partial charge in [0, 0.05) is 47.2 Å². The lowest BCUT2D eigenvalue weighted by molar-refractivity contribution is -0.141. The highest BCUT2D eigenvalue weighted by Gasteiger charge is 2.38. The van der Waals surface area contributed by atoms with E-state index in [0.29, 0.717) is 19.6 Å². The second-order valence-corrected chi connectivity index (χ2v) is 11.3. The summed E-state index contributed by atoms with van der Waals surface area (Å²) in [4.78, 5) is 40.5. The fraction of sp³-hybridized carbons (Fsp3) is 0.423. The molecule has 4 heterocycles. The average Bonchev–Trinajstić information content (AvgIpc) is 3.17. The van der Waals surface area contributed by atoms with Crippen molar-refractivity contribution in [1.29, 1.82) is 0 Å². The quantitative estimate of drug-likeness (QED) is 0.600. The molecule has 1 aromatic carbocycles. The monoisotopic (exact) mass is 464 g/mol. The molecular weight excluding hydrogens is 436 g/mol. The highest BCUT2D eigenvalue weighted by molar-refractivity contribution is 7.22. The number of carboxylic acid groups (broad SMARTS) is 1. The van der Waals surface area contributed by atoms with E-state index < -0.39 is 11.4 Å². The first kappa shape index (κ1) is 21.9. The molecule has 2 unspecified atom stereocenters. The number of thiophene rings is 1. The van der Waals surface area contributed by atoms with Crippen molar-refractivity contribution in [2.24, 2.45) is 11.3 Å². The van der Waals surface area contributed by atoms with Gasteiger partial charge in [0.05, 0.1) is 12.0 Å². The fourth-order valence-corrected chi connectivity index (χ4v) is 6.52. The van der Waals surface area contributed by atoms with Crippen LogP contribution in [0, 0.1) is 11.3 Å². The molecule has 0 spiro atoms. The number of likely N-dealkylation sites (tertiary alicyclic amines) is 1.